The molecule has 0 saturated carbocycles. The molecule has 1 N–H and O–H groups in total. The molecule has 3 nitrogen and oxygen atoms in total. The molecule has 0 bridgehead atoms. The fourth-order valence-electron chi connectivity index (χ4n) is 4.00. The van der Waals surface area contributed by atoms with Crippen LogP contribution in [-0.2, 0) is 0 Å². The van der Waals surface area contributed by atoms with Crippen LogP contribution in [0.1, 0.15) is 22.0 Å². The summed E-state index contributed by atoms with van der Waals surface area (Å²) < 4.78 is 13.4. The van der Waals surface area contributed by atoms with Crippen LogP contribution >= 0.6 is 11.6 Å². The second kappa shape index (κ2) is 6.19. The van der Waals surface area contributed by atoms with E-state index in [2.05, 4.69) is 17.4 Å². The number of hydrogen-bond acceptors (Lipinski definition) is 2. The average Bonchev–Trinajstić information content (AvgIpc) is 3.18. The van der Waals surface area contributed by atoms with Gasteiger partial charge in [-0.1, -0.05) is 41.9 Å². The first-order valence-electron chi connectivity index (χ1n) is 8.17. The summed E-state index contributed by atoms with van der Waals surface area (Å²) in [7, 11) is 0. The Bertz CT molecular complexity index is 767. The molecule has 3 atom stereocenters. The van der Waals surface area contributed by atoms with Gasteiger partial charge in [0.1, 0.15) is 5.82 Å². The molecule has 0 spiro atoms. The predicted molar refractivity (Wildman–Crippen MR) is 91.5 cm³/mol. The van der Waals surface area contributed by atoms with Gasteiger partial charge in [0.05, 0.1) is 11.1 Å². The van der Waals surface area contributed by atoms with E-state index in [1.54, 1.807) is 0 Å². The van der Waals surface area contributed by atoms with E-state index in [9.17, 15) is 9.18 Å². The van der Waals surface area contributed by atoms with Crippen molar-refractivity contribution in [3.63, 3.8) is 0 Å². The Hall–Kier alpha value is -1.91. The van der Waals surface area contributed by atoms with Crippen molar-refractivity contribution in [3.8, 4) is 0 Å². The average molecular weight is 345 g/mol. The highest BCUT2D eigenvalue weighted by Gasteiger charge is 2.46. The first kappa shape index (κ1) is 15.6. The quantitative estimate of drug-likeness (QED) is 0.904. The van der Waals surface area contributed by atoms with Gasteiger partial charge >= 0.3 is 0 Å². The lowest BCUT2D eigenvalue weighted by Gasteiger charge is -2.28. The Labute approximate surface area is 145 Å². The first-order valence-corrected chi connectivity index (χ1v) is 8.54. The Morgan fingerprint density at radius 3 is 2.71 bits per heavy atom. The van der Waals surface area contributed by atoms with Gasteiger partial charge in [-0.15, -0.1) is 0 Å². The van der Waals surface area contributed by atoms with Gasteiger partial charge in [-0.05, 0) is 29.7 Å². The highest BCUT2D eigenvalue weighted by Crippen LogP contribution is 2.43. The van der Waals surface area contributed by atoms with Gasteiger partial charge in [-0.3, -0.25) is 4.79 Å². The highest BCUT2D eigenvalue weighted by molar-refractivity contribution is 6.31. The fraction of sp³-hybridized carbons (Fsp3) is 0.316. The Balaban J connectivity index is 1.69. The first-order chi connectivity index (χ1) is 11.6. The van der Waals surface area contributed by atoms with Gasteiger partial charge < -0.3 is 10.2 Å². The zero-order valence-corrected chi connectivity index (χ0v) is 13.8. The van der Waals surface area contributed by atoms with Crippen LogP contribution in [0.5, 0.6) is 0 Å². The van der Waals surface area contributed by atoms with E-state index in [-0.39, 0.29) is 17.0 Å². The molecule has 2 heterocycles. The molecule has 4 rings (SSSR count). The van der Waals surface area contributed by atoms with Crippen molar-refractivity contribution in [1.29, 1.82) is 0 Å². The molecule has 0 aliphatic carbocycles. The lowest BCUT2D eigenvalue weighted by atomic mass is 9.89. The third-order valence-electron chi connectivity index (χ3n) is 5.13. The molecule has 2 aromatic rings. The molecule has 24 heavy (non-hydrogen) atoms. The summed E-state index contributed by atoms with van der Waals surface area (Å²) in [6.07, 6.45) is 0. The molecule has 0 radical (unpaired) electrons. The maximum Gasteiger partial charge on any atom is 0.254 e. The molecule has 2 aliphatic rings. The second-order valence-corrected chi connectivity index (χ2v) is 6.93. The number of carbonyl (C=O) groups excluding carboxylic acids is 1. The van der Waals surface area contributed by atoms with Crippen molar-refractivity contribution >= 4 is 17.5 Å². The molecule has 0 aromatic heterocycles. The summed E-state index contributed by atoms with van der Waals surface area (Å²) in [4.78, 5) is 15.0. The molecule has 2 fully saturated rings. The predicted octanol–water partition coefficient (Wildman–Crippen LogP) is 3.51. The van der Waals surface area contributed by atoms with Gasteiger partial charge in [0, 0.05) is 31.1 Å². The van der Waals surface area contributed by atoms with E-state index in [0.717, 1.165) is 18.7 Å². The number of likely N-dealkylation sites (tertiary alicyclic amines) is 1. The van der Waals surface area contributed by atoms with Crippen molar-refractivity contribution in [3.05, 3.63) is 70.5 Å². The van der Waals surface area contributed by atoms with Gasteiger partial charge in [0.15, 0.2) is 0 Å². The van der Waals surface area contributed by atoms with Crippen LogP contribution in [0.4, 0.5) is 4.39 Å². The number of hydrogen-bond donors (Lipinski definition) is 1. The normalized spacial score (nSPS) is 25.8. The van der Waals surface area contributed by atoms with Crippen molar-refractivity contribution in [2.45, 2.75) is 6.04 Å². The number of benzene rings is 2. The summed E-state index contributed by atoms with van der Waals surface area (Å²) in [6.45, 7) is 2.56. The van der Waals surface area contributed by atoms with E-state index >= 15 is 0 Å². The van der Waals surface area contributed by atoms with Crippen molar-refractivity contribution < 1.29 is 9.18 Å². The summed E-state index contributed by atoms with van der Waals surface area (Å²) in [5.41, 5.74) is 1.59. The number of amides is 1. The largest absolute Gasteiger partial charge is 0.331 e. The molecule has 124 valence electrons. The van der Waals surface area contributed by atoms with Crippen LogP contribution in [-0.4, -0.2) is 30.4 Å². The molecule has 0 unspecified atom stereocenters. The minimum atomic E-state index is -0.504. The molecule has 5 heteroatoms. The Kier molecular flexibility index (Phi) is 4.02. The number of nitrogens with one attached hydrogen (secondary N) is 1. The van der Waals surface area contributed by atoms with Crippen LogP contribution in [0.25, 0.3) is 0 Å². The summed E-state index contributed by atoms with van der Waals surface area (Å²) >= 11 is 5.86. The number of carbonyl (C=O) groups is 1. The maximum absolute atomic E-state index is 13.4. The summed E-state index contributed by atoms with van der Waals surface area (Å²) in [5, 5.41) is 3.42. The van der Waals surface area contributed by atoms with E-state index in [4.69, 9.17) is 11.6 Å². The third-order valence-corrected chi connectivity index (χ3v) is 5.42. The van der Waals surface area contributed by atoms with Crippen LogP contribution in [0, 0.1) is 17.7 Å². The van der Waals surface area contributed by atoms with E-state index in [1.165, 1.54) is 18.2 Å². The Morgan fingerprint density at radius 2 is 1.96 bits per heavy atom. The maximum atomic E-state index is 13.4. The number of nitrogens with zero attached hydrogens (tertiary/aromatic N) is 1. The van der Waals surface area contributed by atoms with Gasteiger partial charge in [0.2, 0.25) is 0 Å². The van der Waals surface area contributed by atoms with Crippen LogP contribution < -0.4 is 5.32 Å². The molecular formula is C19H18ClFN2O. The number of fused-ring (bicyclic) bond motifs is 1. The third kappa shape index (κ3) is 2.60. The van der Waals surface area contributed by atoms with Crippen molar-refractivity contribution in [2.75, 3.05) is 19.6 Å². The zero-order chi connectivity index (χ0) is 16.7. The smallest absolute Gasteiger partial charge is 0.254 e. The van der Waals surface area contributed by atoms with Crippen LogP contribution in [0.2, 0.25) is 5.02 Å². The summed E-state index contributed by atoms with van der Waals surface area (Å²) in [5.74, 6) is 0.276. The lowest BCUT2D eigenvalue weighted by Crippen LogP contribution is -2.34. The Morgan fingerprint density at radius 1 is 1.17 bits per heavy atom. The fourth-order valence-corrected chi connectivity index (χ4v) is 4.18. The molecule has 1 amide bonds. The van der Waals surface area contributed by atoms with Gasteiger partial charge in [-0.25, -0.2) is 4.39 Å². The van der Waals surface area contributed by atoms with Crippen LogP contribution in [0.15, 0.2) is 48.5 Å². The van der Waals surface area contributed by atoms with E-state index < -0.39 is 5.82 Å². The van der Waals surface area contributed by atoms with Crippen molar-refractivity contribution in [2.24, 2.45) is 11.8 Å². The molecular weight excluding hydrogens is 327 g/mol. The monoisotopic (exact) mass is 344 g/mol. The molecule has 2 saturated heterocycles. The number of rotatable bonds is 2. The van der Waals surface area contributed by atoms with E-state index in [1.807, 2.05) is 23.1 Å². The molecule has 2 aromatic carbocycles. The summed E-state index contributed by atoms with van der Waals surface area (Å²) in [6, 6.07) is 14.4. The van der Waals surface area contributed by atoms with Gasteiger partial charge in [-0.2, -0.15) is 0 Å². The topological polar surface area (TPSA) is 32.3 Å². The lowest BCUT2D eigenvalue weighted by molar-refractivity contribution is 0.0714. The SMILES string of the molecule is O=C(c1ccc(F)c(Cl)c1)N1C[C@@H]2CNC[C@@H]2[C@@H]1c1ccccc1. The second-order valence-electron chi connectivity index (χ2n) is 6.52. The molecule has 2 aliphatic heterocycles. The van der Waals surface area contributed by atoms with E-state index in [0.29, 0.717) is 23.9 Å². The minimum Gasteiger partial charge on any atom is -0.331 e. The zero-order valence-electron chi connectivity index (χ0n) is 13.1. The van der Waals surface area contributed by atoms with Crippen molar-refractivity contribution in [1.82, 2.24) is 10.2 Å². The van der Waals surface area contributed by atoms with Gasteiger partial charge in [0.25, 0.3) is 5.91 Å². The number of halogens is 2. The highest BCUT2D eigenvalue weighted by atomic mass is 35.5. The van der Waals surface area contributed by atoms with Crippen LogP contribution in [0.3, 0.4) is 0 Å². The standard InChI is InChI=1S/C19H18ClFN2O/c20-16-8-13(6-7-17(16)21)19(24)23-11-14-9-22-10-15(14)18(23)12-4-2-1-3-5-12/h1-8,14-15,18,22H,9-11H2/t14-,15-,18-/m0/s1. The minimum absolute atomic E-state index is 0.0156.